The first-order valence-corrected chi connectivity index (χ1v) is 12.0. The minimum atomic E-state index is -3.59. The number of sulfonamides is 1. The van der Waals surface area contributed by atoms with Gasteiger partial charge >= 0.3 is 6.03 Å². The number of rotatable bonds is 5. The van der Waals surface area contributed by atoms with Gasteiger partial charge in [0.05, 0.1) is 5.69 Å². The molecular formula is C22H22N4O5S. The SMILES string of the molecule is O=C1CN(C2CCN(S(=O)(=O)Cc3noc4ccccc34)CC2)C(=O)N1c1ccccc1. The topological polar surface area (TPSA) is 104 Å². The van der Waals surface area contributed by atoms with Crippen molar-refractivity contribution in [3.05, 3.63) is 60.3 Å². The molecule has 0 N–H and O–H groups in total. The second-order valence-corrected chi connectivity index (χ2v) is 9.96. The number of aromatic nitrogens is 1. The minimum absolute atomic E-state index is 0.00999. The third-order valence-electron chi connectivity index (χ3n) is 6.04. The van der Waals surface area contributed by atoms with Crippen molar-refractivity contribution in [2.24, 2.45) is 0 Å². The van der Waals surface area contributed by atoms with E-state index in [2.05, 4.69) is 5.16 Å². The maximum atomic E-state index is 13.0. The molecule has 166 valence electrons. The van der Waals surface area contributed by atoms with E-state index in [1.807, 2.05) is 12.1 Å². The zero-order valence-electron chi connectivity index (χ0n) is 17.3. The number of piperidine rings is 1. The average molecular weight is 455 g/mol. The lowest BCUT2D eigenvalue weighted by atomic mass is 10.1. The van der Waals surface area contributed by atoms with Gasteiger partial charge in [0.2, 0.25) is 10.0 Å². The molecule has 5 rings (SSSR count). The van der Waals surface area contributed by atoms with Crippen LogP contribution in [0.25, 0.3) is 11.0 Å². The Balaban J connectivity index is 1.25. The van der Waals surface area contributed by atoms with Crippen LogP contribution in [0, 0.1) is 0 Å². The van der Waals surface area contributed by atoms with E-state index in [9.17, 15) is 18.0 Å². The fourth-order valence-electron chi connectivity index (χ4n) is 4.37. The smallest absolute Gasteiger partial charge is 0.332 e. The predicted octanol–water partition coefficient (Wildman–Crippen LogP) is 2.59. The highest BCUT2D eigenvalue weighted by atomic mass is 32.2. The van der Waals surface area contributed by atoms with Gasteiger partial charge in [-0.15, -0.1) is 0 Å². The van der Waals surface area contributed by atoms with Gasteiger partial charge < -0.3 is 9.42 Å². The zero-order chi connectivity index (χ0) is 22.3. The summed E-state index contributed by atoms with van der Waals surface area (Å²) in [5, 5.41) is 4.62. The van der Waals surface area contributed by atoms with Gasteiger partial charge in [0.1, 0.15) is 18.0 Å². The van der Waals surface area contributed by atoms with Crippen LogP contribution in [0.2, 0.25) is 0 Å². The molecule has 3 amide bonds. The lowest BCUT2D eigenvalue weighted by molar-refractivity contribution is -0.116. The molecule has 32 heavy (non-hydrogen) atoms. The van der Waals surface area contributed by atoms with Gasteiger partial charge in [-0.2, -0.15) is 0 Å². The summed E-state index contributed by atoms with van der Waals surface area (Å²) in [6.07, 6.45) is 0.945. The summed E-state index contributed by atoms with van der Waals surface area (Å²) in [6, 6.07) is 15.5. The third-order valence-corrected chi connectivity index (χ3v) is 7.83. The summed E-state index contributed by atoms with van der Waals surface area (Å²) in [5.41, 5.74) is 1.49. The first kappa shape index (κ1) is 20.7. The van der Waals surface area contributed by atoms with Crippen molar-refractivity contribution in [1.82, 2.24) is 14.4 Å². The molecule has 3 heterocycles. The predicted molar refractivity (Wildman–Crippen MR) is 117 cm³/mol. The van der Waals surface area contributed by atoms with Crippen molar-refractivity contribution in [2.45, 2.75) is 24.6 Å². The van der Waals surface area contributed by atoms with E-state index in [1.54, 1.807) is 47.4 Å². The van der Waals surface area contributed by atoms with Crippen LogP contribution >= 0.6 is 0 Å². The second-order valence-electron chi connectivity index (χ2n) is 7.99. The zero-order valence-corrected chi connectivity index (χ0v) is 18.1. The van der Waals surface area contributed by atoms with Gasteiger partial charge in [0, 0.05) is 24.5 Å². The maximum absolute atomic E-state index is 13.0. The Labute approximate surface area is 185 Å². The molecule has 10 heteroatoms. The average Bonchev–Trinajstić information content (AvgIpc) is 3.34. The number of para-hydroxylation sites is 2. The Hall–Kier alpha value is -3.24. The Morgan fingerprint density at radius 3 is 2.41 bits per heavy atom. The molecule has 0 aliphatic carbocycles. The molecule has 2 aromatic carbocycles. The van der Waals surface area contributed by atoms with Crippen LogP contribution in [0.15, 0.2) is 59.1 Å². The van der Waals surface area contributed by atoms with E-state index >= 15 is 0 Å². The van der Waals surface area contributed by atoms with Gasteiger partial charge in [-0.05, 0) is 37.1 Å². The van der Waals surface area contributed by atoms with Gasteiger partial charge in [-0.1, -0.05) is 35.5 Å². The summed E-state index contributed by atoms with van der Waals surface area (Å²) in [7, 11) is -3.59. The molecule has 0 saturated carbocycles. The van der Waals surface area contributed by atoms with Crippen molar-refractivity contribution < 1.29 is 22.5 Å². The molecule has 0 spiro atoms. The molecule has 3 aromatic rings. The number of hydrogen-bond donors (Lipinski definition) is 0. The number of carbonyl (C=O) groups excluding carboxylic acids is 2. The number of urea groups is 1. The molecule has 2 aliphatic rings. The molecule has 1 aromatic heterocycles. The van der Waals surface area contributed by atoms with Crippen LogP contribution in [0.3, 0.4) is 0 Å². The molecule has 0 radical (unpaired) electrons. The molecule has 2 aliphatic heterocycles. The molecule has 9 nitrogen and oxygen atoms in total. The Kier molecular flexibility index (Phi) is 5.18. The molecule has 2 fully saturated rings. The number of benzene rings is 2. The number of amides is 3. The molecule has 2 saturated heterocycles. The summed E-state index contributed by atoms with van der Waals surface area (Å²) in [4.78, 5) is 28.2. The van der Waals surface area contributed by atoms with Gasteiger partial charge in [-0.25, -0.2) is 22.4 Å². The maximum Gasteiger partial charge on any atom is 0.332 e. The van der Waals surface area contributed by atoms with E-state index in [0.29, 0.717) is 35.2 Å². The van der Waals surface area contributed by atoms with Gasteiger partial charge in [0.15, 0.2) is 5.58 Å². The third kappa shape index (κ3) is 3.65. The largest absolute Gasteiger partial charge is 0.356 e. The summed E-state index contributed by atoms with van der Waals surface area (Å²) in [5.74, 6) is -0.508. The van der Waals surface area contributed by atoms with Crippen molar-refractivity contribution >= 4 is 38.6 Å². The van der Waals surface area contributed by atoms with Crippen molar-refractivity contribution in [3.8, 4) is 0 Å². The lowest BCUT2D eigenvalue weighted by Crippen LogP contribution is -2.48. The quantitative estimate of drug-likeness (QED) is 0.549. The number of hydrogen-bond acceptors (Lipinski definition) is 6. The first-order valence-electron chi connectivity index (χ1n) is 10.4. The van der Waals surface area contributed by atoms with Crippen LogP contribution in [-0.2, 0) is 20.6 Å². The van der Waals surface area contributed by atoms with E-state index in [0.717, 1.165) is 0 Å². The molecule has 0 atom stereocenters. The van der Waals surface area contributed by atoms with Crippen LogP contribution in [0.1, 0.15) is 18.5 Å². The van der Waals surface area contributed by atoms with E-state index in [4.69, 9.17) is 4.52 Å². The molecular weight excluding hydrogens is 432 g/mol. The first-order chi connectivity index (χ1) is 15.4. The van der Waals surface area contributed by atoms with Gasteiger partial charge in [0.25, 0.3) is 5.91 Å². The Morgan fingerprint density at radius 1 is 0.969 bits per heavy atom. The lowest BCUT2D eigenvalue weighted by Gasteiger charge is -2.35. The summed E-state index contributed by atoms with van der Waals surface area (Å²) >= 11 is 0. The summed E-state index contributed by atoms with van der Waals surface area (Å²) in [6.45, 7) is 0.578. The van der Waals surface area contributed by atoms with Crippen LogP contribution in [-0.4, -0.2) is 60.4 Å². The highest BCUT2D eigenvalue weighted by molar-refractivity contribution is 7.88. The normalized spacial score (nSPS) is 18.8. The van der Waals surface area contributed by atoms with Crippen molar-refractivity contribution in [2.75, 3.05) is 24.5 Å². The van der Waals surface area contributed by atoms with E-state index in [1.165, 1.54) is 9.21 Å². The van der Waals surface area contributed by atoms with Crippen molar-refractivity contribution in [3.63, 3.8) is 0 Å². The number of fused-ring (bicyclic) bond motifs is 1. The molecule has 0 unspecified atom stereocenters. The molecule has 0 bridgehead atoms. The Morgan fingerprint density at radius 2 is 1.66 bits per heavy atom. The summed E-state index contributed by atoms with van der Waals surface area (Å²) < 4.78 is 32.6. The van der Waals surface area contributed by atoms with E-state index < -0.39 is 10.0 Å². The minimum Gasteiger partial charge on any atom is -0.356 e. The van der Waals surface area contributed by atoms with Crippen LogP contribution < -0.4 is 4.90 Å². The number of anilines is 1. The fourth-order valence-corrected chi connectivity index (χ4v) is 5.88. The fraction of sp³-hybridized carbons (Fsp3) is 0.318. The van der Waals surface area contributed by atoms with Crippen LogP contribution in [0.5, 0.6) is 0 Å². The second kappa shape index (κ2) is 8.03. The van der Waals surface area contributed by atoms with Crippen LogP contribution in [0.4, 0.5) is 10.5 Å². The highest BCUT2D eigenvalue weighted by Gasteiger charge is 2.42. The number of carbonyl (C=O) groups is 2. The number of nitrogens with zero attached hydrogens (tertiary/aromatic N) is 4. The van der Waals surface area contributed by atoms with E-state index in [-0.39, 0.29) is 43.4 Å². The van der Waals surface area contributed by atoms with Crippen molar-refractivity contribution in [1.29, 1.82) is 0 Å². The van der Waals surface area contributed by atoms with Gasteiger partial charge in [-0.3, -0.25) is 4.79 Å². The highest BCUT2D eigenvalue weighted by Crippen LogP contribution is 2.28. The standard InChI is InChI=1S/C22H22N4O5S/c27-21-14-25(22(28)26(21)17-6-2-1-3-7-17)16-10-12-24(13-11-16)32(29,30)15-19-18-8-4-5-9-20(18)31-23-19/h1-9,16H,10-15H2. The number of imide groups is 1. The monoisotopic (exact) mass is 454 g/mol. The Bertz CT molecular complexity index is 1270.